The van der Waals surface area contributed by atoms with E-state index in [4.69, 9.17) is 4.74 Å². The van der Waals surface area contributed by atoms with Crippen LogP contribution in [-0.4, -0.2) is 13.4 Å². The van der Waals surface area contributed by atoms with Crippen LogP contribution in [0.1, 0.15) is 0 Å². The summed E-state index contributed by atoms with van der Waals surface area (Å²) < 4.78 is 5.21. The third kappa shape index (κ3) is 3.04. The second-order valence-corrected chi connectivity index (χ2v) is 6.55. The van der Waals surface area contributed by atoms with E-state index in [-0.39, 0.29) is 0 Å². The van der Waals surface area contributed by atoms with E-state index in [9.17, 15) is 0 Å². The maximum Gasteiger partial charge on any atom is 0.118 e. The van der Waals surface area contributed by atoms with Gasteiger partial charge in [0.2, 0.25) is 0 Å². The van der Waals surface area contributed by atoms with Crippen LogP contribution in [0.2, 0.25) is 0 Å². The molecular formula is C18H16OS2. The molecule has 0 atom stereocenters. The zero-order chi connectivity index (χ0) is 14.7. The van der Waals surface area contributed by atoms with Crippen LogP contribution >= 0.6 is 23.5 Å². The lowest BCUT2D eigenvalue weighted by Crippen LogP contribution is -1.83. The minimum Gasteiger partial charge on any atom is -0.497 e. The van der Waals surface area contributed by atoms with Crippen molar-refractivity contribution in [3.63, 3.8) is 0 Å². The maximum atomic E-state index is 5.21. The number of methoxy groups -OCH3 is 1. The minimum atomic E-state index is 0.891. The van der Waals surface area contributed by atoms with Crippen molar-refractivity contribution in [2.75, 3.05) is 13.4 Å². The summed E-state index contributed by atoms with van der Waals surface area (Å²) in [6.07, 6.45) is 2.12. The van der Waals surface area contributed by atoms with Gasteiger partial charge in [-0.3, -0.25) is 0 Å². The van der Waals surface area contributed by atoms with Crippen molar-refractivity contribution in [1.29, 1.82) is 0 Å². The van der Waals surface area contributed by atoms with Crippen molar-refractivity contribution in [2.45, 2.75) is 14.7 Å². The highest BCUT2D eigenvalue weighted by Crippen LogP contribution is 2.37. The van der Waals surface area contributed by atoms with Crippen LogP contribution in [0.3, 0.4) is 0 Å². The summed E-state index contributed by atoms with van der Waals surface area (Å²) in [5.74, 6) is 0.891. The van der Waals surface area contributed by atoms with Gasteiger partial charge in [0.25, 0.3) is 0 Å². The van der Waals surface area contributed by atoms with Gasteiger partial charge < -0.3 is 4.74 Å². The lowest BCUT2D eigenvalue weighted by molar-refractivity contribution is 0.414. The summed E-state index contributed by atoms with van der Waals surface area (Å²) in [7, 11) is 1.69. The van der Waals surface area contributed by atoms with Crippen LogP contribution in [0.4, 0.5) is 0 Å². The highest BCUT2D eigenvalue weighted by Gasteiger charge is 2.06. The first-order valence-electron chi connectivity index (χ1n) is 6.69. The molecular weight excluding hydrogens is 296 g/mol. The smallest absolute Gasteiger partial charge is 0.118 e. The molecule has 3 heteroatoms. The Balaban J connectivity index is 2.00. The zero-order valence-electron chi connectivity index (χ0n) is 12.0. The molecule has 0 fully saturated rings. The molecule has 0 aliphatic heterocycles. The molecule has 0 amide bonds. The van der Waals surface area contributed by atoms with E-state index in [2.05, 4.69) is 54.8 Å². The van der Waals surface area contributed by atoms with Gasteiger partial charge in [-0.2, -0.15) is 0 Å². The molecule has 0 radical (unpaired) electrons. The van der Waals surface area contributed by atoms with E-state index in [0.717, 1.165) is 5.75 Å². The van der Waals surface area contributed by atoms with E-state index in [0.29, 0.717) is 0 Å². The molecule has 0 aliphatic carbocycles. The molecule has 0 bridgehead atoms. The second kappa shape index (κ2) is 6.46. The van der Waals surface area contributed by atoms with Crippen molar-refractivity contribution >= 4 is 34.3 Å². The van der Waals surface area contributed by atoms with Gasteiger partial charge in [-0.05, 0) is 53.4 Å². The Morgan fingerprint density at radius 1 is 0.762 bits per heavy atom. The summed E-state index contributed by atoms with van der Waals surface area (Å²) in [6.45, 7) is 0. The number of hydrogen-bond donors (Lipinski definition) is 0. The molecule has 3 rings (SSSR count). The van der Waals surface area contributed by atoms with Gasteiger partial charge in [-0.15, -0.1) is 11.8 Å². The number of fused-ring (bicyclic) bond motifs is 1. The average molecular weight is 312 g/mol. The summed E-state index contributed by atoms with van der Waals surface area (Å²) in [6, 6.07) is 21.2. The number of hydrogen-bond acceptors (Lipinski definition) is 3. The van der Waals surface area contributed by atoms with Crippen molar-refractivity contribution in [3.8, 4) is 5.75 Å². The number of rotatable bonds is 4. The Hall–Kier alpha value is -1.58. The van der Waals surface area contributed by atoms with Crippen molar-refractivity contribution < 1.29 is 4.74 Å². The van der Waals surface area contributed by atoms with Crippen LogP contribution in [0, 0.1) is 0 Å². The van der Waals surface area contributed by atoms with Gasteiger partial charge in [0.05, 0.1) is 7.11 Å². The molecule has 0 spiro atoms. The molecule has 3 aromatic rings. The third-order valence-electron chi connectivity index (χ3n) is 3.35. The van der Waals surface area contributed by atoms with E-state index in [1.165, 1.54) is 25.5 Å². The van der Waals surface area contributed by atoms with Crippen molar-refractivity contribution in [1.82, 2.24) is 0 Å². The van der Waals surface area contributed by atoms with Crippen LogP contribution in [0.15, 0.2) is 75.4 Å². The van der Waals surface area contributed by atoms with Gasteiger partial charge in [0.15, 0.2) is 0 Å². The molecule has 0 aromatic heterocycles. The molecule has 0 saturated carbocycles. The van der Waals surface area contributed by atoms with Crippen molar-refractivity contribution in [3.05, 3.63) is 60.7 Å². The van der Waals surface area contributed by atoms with E-state index in [1.54, 1.807) is 30.6 Å². The Bertz CT molecular complexity index is 751. The topological polar surface area (TPSA) is 9.23 Å². The van der Waals surface area contributed by atoms with Crippen LogP contribution in [0.25, 0.3) is 10.8 Å². The molecule has 0 unspecified atom stereocenters. The van der Waals surface area contributed by atoms with Crippen LogP contribution < -0.4 is 4.74 Å². The fourth-order valence-corrected chi connectivity index (χ4v) is 3.83. The fourth-order valence-electron chi connectivity index (χ4n) is 2.28. The minimum absolute atomic E-state index is 0.891. The Morgan fingerprint density at radius 2 is 1.38 bits per heavy atom. The van der Waals surface area contributed by atoms with E-state index < -0.39 is 0 Å². The van der Waals surface area contributed by atoms with Gasteiger partial charge >= 0.3 is 0 Å². The zero-order valence-corrected chi connectivity index (χ0v) is 13.6. The largest absolute Gasteiger partial charge is 0.497 e. The Labute approximate surface area is 133 Å². The van der Waals surface area contributed by atoms with E-state index in [1.807, 2.05) is 12.1 Å². The SMILES string of the molecule is COc1ccc(Sc2ccc(SC)c3ccccc23)cc1. The summed E-state index contributed by atoms with van der Waals surface area (Å²) in [5.41, 5.74) is 0. The predicted octanol–water partition coefficient (Wildman–Crippen LogP) is 5.72. The third-order valence-corrected chi connectivity index (χ3v) is 5.23. The number of benzene rings is 3. The molecule has 21 heavy (non-hydrogen) atoms. The number of thioether (sulfide) groups is 1. The standard InChI is InChI=1S/C18H16OS2/c1-19-13-7-9-14(10-8-13)21-18-12-11-17(20-2)15-5-3-4-6-16(15)18/h3-12H,1-2H3. The lowest BCUT2D eigenvalue weighted by Gasteiger charge is -2.10. The fraction of sp³-hybridized carbons (Fsp3) is 0.111. The highest BCUT2D eigenvalue weighted by atomic mass is 32.2. The molecule has 0 aliphatic rings. The molecule has 0 heterocycles. The molecule has 1 nitrogen and oxygen atoms in total. The first-order chi connectivity index (χ1) is 10.3. The molecule has 3 aromatic carbocycles. The maximum absolute atomic E-state index is 5.21. The lowest BCUT2D eigenvalue weighted by atomic mass is 10.1. The summed E-state index contributed by atoms with van der Waals surface area (Å²) >= 11 is 3.58. The highest BCUT2D eigenvalue weighted by molar-refractivity contribution is 7.99. The van der Waals surface area contributed by atoms with Gasteiger partial charge in [-0.1, -0.05) is 36.0 Å². The Morgan fingerprint density at radius 3 is 2.00 bits per heavy atom. The van der Waals surface area contributed by atoms with Crippen LogP contribution in [0.5, 0.6) is 5.75 Å². The molecule has 0 N–H and O–H groups in total. The normalized spacial score (nSPS) is 10.8. The second-order valence-electron chi connectivity index (χ2n) is 4.59. The molecule has 0 saturated heterocycles. The first-order valence-corrected chi connectivity index (χ1v) is 8.73. The average Bonchev–Trinajstić information content (AvgIpc) is 2.56. The van der Waals surface area contributed by atoms with E-state index >= 15 is 0 Å². The predicted molar refractivity (Wildman–Crippen MR) is 92.8 cm³/mol. The monoisotopic (exact) mass is 312 g/mol. The molecule has 106 valence electrons. The quantitative estimate of drug-likeness (QED) is 0.570. The van der Waals surface area contributed by atoms with Gasteiger partial charge in [-0.25, -0.2) is 0 Å². The first kappa shape index (κ1) is 14.4. The van der Waals surface area contributed by atoms with Gasteiger partial charge in [0.1, 0.15) is 5.75 Å². The van der Waals surface area contributed by atoms with Gasteiger partial charge in [0, 0.05) is 14.7 Å². The summed E-state index contributed by atoms with van der Waals surface area (Å²) in [5, 5.41) is 2.63. The van der Waals surface area contributed by atoms with Crippen LogP contribution in [-0.2, 0) is 0 Å². The summed E-state index contributed by atoms with van der Waals surface area (Å²) in [4.78, 5) is 3.83. The van der Waals surface area contributed by atoms with Crippen molar-refractivity contribution in [2.24, 2.45) is 0 Å². The Kier molecular flexibility index (Phi) is 4.42. The number of ether oxygens (including phenoxy) is 1.